The van der Waals surface area contributed by atoms with E-state index in [1.807, 2.05) is 18.2 Å². The highest BCUT2D eigenvalue weighted by Gasteiger charge is 2.12. The molecule has 2 N–H and O–H groups in total. The lowest BCUT2D eigenvalue weighted by molar-refractivity contribution is 0.102. The Balaban J connectivity index is 1.51. The molecule has 0 atom stereocenters. The minimum absolute atomic E-state index is 0.203. The molecular formula is C18H20N6O. The van der Waals surface area contributed by atoms with E-state index in [4.69, 9.17) is 0 Å². The lowest BCUT2D eigenvalue weighted by atomic mass is 10.2. The Kier molecular flexibility index (Phi) is 4.28. The predicted octanol–water partition coefficient (Wildman–Crippen LogP) is 2.99. The first-order valence-corrected chi connectivity index (χ1v) is 8.62. The Morgan fingerprint density at radius 2 is 1.92 bits per heavy atom. The monoisotopic (exact) mass is 336 g/mol. The molecular weight excluding hydrogens is 316 g/mol. The number of amides is 1. The maximum Gasteiger partial charge on any atom is 0.257 e. The van der Waals surface area contributed by atoms with Crippen molar-refractivity contribution in [3.8, 4) is 0 Å². The van der Waals surface area contributed by atoms with Gasteiger partial charge >= 0.3 is 0 Å². The van der Waals surface area contributed by atoms with Gasteiger partial charge in [0.05, 0.1) is 5.56 Å². The van der Waals surface area contributed by atoms with Crippen LogP contribution in [0.4, 0.5) is 11.4 Å². The van der Waals surface area contributed by atoms with Gasteiger partial charge in [-0.2, -0.15) is 10.3 Å². The van der Waals surface area contributed by atoms with Crippen molar-refractivity contribution >= 4 is 28.4 Å². The zero-order valence-corrected chi connectivity index (χ0v) is 13.9. The number of rotatable bonds is 3. The summed E-state index contributed by atoms with van der Waals surface area (Å²) in [6.45, 7) is 2.15. The van der Waals surface area contributed by atoms with Crippen LogP contribution in [-0.4, -0.2) is 39.4 Å². The van der Waals surface area contributed by atoms with Crippen LogP contribution >= 0.6 is 0 Å². The molecule has 0 unspecified atom stereocenters. The molecule has 1 saturated heterocycles. The minimum Gasteiger partial charge on any atom is -0.371 e. The number of nitrogens with zero attached hydrogens (tertiary/aromatic N) is 4. The van der Waals surface area contributed by atoms with Crippen molar-refractivity contribution in [2.75, 3.05) is 23.3 Å². The van der Waals surface area contributed by atoms with Crippen molar-refractivity contribution in [3.05, 3.63) is 42.1 Å². The molecule has 1 fully saturated rings. The molecule has 4 rings (SSSR count). The third kappa shape index (κ3) is 3.45. The number of H-pyrrole nitrogens is 1. The number of pyridine rings is 1. The third-order valence-electron chi connectivity index (χ3n) is 4.51. The molecule has 128 valence electrons. The number of fused-ring (bicyclic) bond motifs is 1. The van der Waals surface area contributed by atoms with E-state index < -0.39 is 0 Å². The average molecular weight is 336 g/mol. The van der Waals surface area contributed by atoms with Crippen LogP contribution in [0, 0.1) is 0 Å². The van der Waals surface area contributed by atoms with Crippen LogP contribution in [0.1, 0.15) is 36.0 Å². The zero-order chi connectivity index (χ0) is 17.1. The number of anilines is 2. The number of nitrogens with one attached hydrogen (secondary N) is 2. The summed E-state index contributed by atoms with van der Waals surface area (Å²) >= 11 is 0. The summed E-state index contributed by atoms with van der Waals surface area (Å²) in [6.07, 6.45) is 6.55. The standard InChI is InChI=1S/C18H20N6O/c25-18(13-10-16-17(19-12-13)22-23-21-16)20-14-6-5-7-15(11-14)24-8-3-1-2-4-9-24/h5-7,10-12H,1-4,8-9H2,(H,20,25)(H,19,21,22,23). The average Bonchev–Trinajstić information content (AvgIpc) is 2.93. The summed E-state index contributed by atoms with van der Waals surface area (Å²) in [7, 11) is 0. The van der Waals surface area contributed by atoms with Gasteiger partial charge in [0.25, 0.3) is 5.91 Å². The van der Waals surface area contributed by atoms with Crippen LogP contribution < -0.4 is 10.2 Å². The Morgan fingerprint density at radius 3 is 2.76 bits per heavy atom. The van der Waals surface area contributed by atoms with E-state index in [0.717, 1.165) is 24.5 Å². The van der Waals surface area contributed by atoms with E-state index in [2.05, 4.69) is 36.7 Å². The number of hydrogen-bond acceptors (Lipinski definition) is 5. The van der Waals surface area contributed by atoms with Gasteiger partial charge in [0.15, 0.2) is 0 Å². The quantitative estimate of drug-likeness (QED) is 0.768. The molecule has 0 bridgehead atoms. The van der Waals surface area contributed by atoms with Crippen LogP contribution in [0.25, 0.3) is 11.2 Å². The second kappa shape index (κ2) is 6.88. The molecule has 0 spiro atoms. The highest BCUT2D eigenvalue weighted by molar-refractivity contribution is 6.05. The Bertz CT molecular complexity index is 882. The molecule has 1 aliphatic rings. The molecule has 25 heavy (non-hydrogen) atoms. The Morgan fingerprint density at radius 1 is 1.08 bits per heavy atom. The number of carbonyl (C=O) groups excluding carboxylic acids is 1. The van der Waals surface area contributed by atoms with Gasteiger partial charge in [-0.3, -0.25) is 4.79 Å². The fraction of sp³-hybridized carbons (Fsp3) is 0.333. The summed E-state index contributed by atoms with van der Waals surface area (Å²) in [6, 6.07) is 9.70. The van der Waals surface area contributed by atoms with Gasteiger partial charge in [-0.25, -0.2) is 4.98 Å². The zero-order valence-electron chi connectivity index (χ0n) is 13.9. The van der Waals surface area contributed by atoms with Crippen molar-refractivity contribution in [2.45, 2.75) is 25.7 Å². The molecule has 0 radical (unpaired) electrons. The lowest BCUT2D eigenvalue weighted by Gasteiger charge is -2.23. The maximum atomic E-state index is 12.5. The van der Waals surface area contributed by atoms with Crippen LogP contribution in [0.2, 0.25) is 0 Å². The van der Waals surface area contributed by atoms with Crippen molar-refractivity contribution in [2.24, 2.45) is 0 Å². The number of aromatic nitrogens is 4. The molecule has 7 heteroatoms. The number of hydrogen-bond donors (Lipinski definition) is 2. The summed E-state index contributed by atoms with van der Waals surface area (Å²) in [5.41, 5.74) is 3.48. The number of benzene rings is 1. The third-order valence-corrected chi connectivity index (χ3v) is 4.51. The smallest absolute Gasteiger partial charge is 0.257 e. The molecule has 2 aromatic heterocycles. The van der Waals surface area contributed by atoms with Crippen LogP contribution in [0.15, 0.2) is 36.5 Å². The highest BCUT2D eigenvalue weighted by Crippen LogP contribution is 2.23. The summed E-state index contributed by atoms with van der Waals surface area (Å²) < 4.78 is 0. The molecule has 1 aromatic carbocycles. The van der Waals surface area contributed by atoms with E-state index in [1.165, 1.54) is 31.9 Å². The van der Waals surface area contributed by atoms with Crippen LogP contribution in [-0.2, 0) is 0 Å². The first kappa shape index (κ1) is 15.6. The second-order valence-corrected chi connectivity index (χ2v) is 6.30. The van der Waals surface area contributed by atoms with Crippen LogP contribution in [0.5, 0.6) is 0 Å². The molecule has 7 nitrogen and oxygen atoms in total. The van der Waals surface area contributed by atoms with E-state index in [0.29, 0.717) is 16.7 Å². The predicted molar refractivity (Wildman–Crippen MR) is 96.8 cm³/mol. The lowest BCUT2D eigenvalue weighted by Crippen LogP contribution is -2.24. The first-order valence-electron chi connectivity index (χ1n) is 8.62. The minimum atomic E-state index is -0.203. The number of carbonyl (C=O) groups is 1. The Hall–Kier alpha value is -2.96. The van der Waals surface area contributed by atoms with Crippen molar-refractivity contribution < 1.29 is 4.79 Å². The summed E-state index contributed by atoms with van der Waals surface area (Å²) in [4.78, 5) is 19.0. The highest BCUT2D eigenvalue weighted by atomic mass is 16.1. The maximum absolute atomic E-state index is 12.5. The van der Waals surface area contributed by atoms with E-state index in [9.17, 15) is 4.79 Å². The fourth-order valence-electron chi connectivity index (χ4n) is 3.18. The molecule has 0 aliphatic carbocycles. The normalized spacial score (nSPS) is 15.1. The van der Waals surface area contributed by atoms with Gasteiger partial charge < -0.3 is 10.2 Å². The van der Waals surface area contributed by atoms with Gasteiger partial charge in [0, 0.05) is 30.7 Å². The van der Waals surface area contributed by atoms with E-state index in [1.54, 1.807) is 6.07 Å². The van der Waals surface area contributed by atoms with E-state index >= 15 is 0 Å². The fourth-order valence-corrected chi connectivity index (χ4v) is 3.18. The van der Waals surface area contributed by atoms with Gasteiger partial charge in [0.2, 0.25) is 5.65 Å². The SMILES string of the molecule is O=C(Nc1cccc(N2CCCCCC2)c1)c1cnc2n[nH]nc2c1. The molecule has 3 heterocycles. The molecule has 3 aromatic rings. The van der Waals surface area contributed by atoms with Crippen molar-refractivity contribution in [1.29, 1.82) is 0 Å². The Labute approximate surface area is 145 Å². The van der Waals surface area contributed by atoms with Gasteiger partial charge in [0.1, 0.15) is 5.52 Å². The molecule has 0 saturated carbocycles. The number of aromatic amines is 1. The molecule has 1 aliphatic heterocycles. The van der Waals surface area contributed by atoms with E-state index in [-0.39, 0.29) is 5.91 Å². The molecule has 1 amide bonds. The van der Waals surface area contributed by atoms with Gasteiger partial charge in [-0.1, -0.05) is 18.9 Å². The largest absolute Gasteiger partial charge is 0.371 e. The first-order chi connectivity index (χ1) is 12.3. The van der Waals surface area contributed by atoms with Gasteiger partial charge in [-0.15, -0.1) is 5.10 Å². The van der Waals surface area contributed by atoms with Gasteiger partial charge in [-0.05, 0) is 37.1 Å². The summed E-state index contributed by atoms with van der Waals surface area (Å²) in [5, 5.41) is 13.3. The van der Waals surface area contributed by atoms with Crippen LogP contribution in [0.3, 0.4) is 0 Å². The summed E-state index contributed by atoms with van der Waals surface area (Å²) in [5.74, 6) is -0.203. The van der Waals surface area contributed by atoms with Crippen molar-refractivity contribution in [3.63, 3.8) is 0 Å². The topological polar surface area (TPSA) is 86.8 Å². The second-order valence-electron chi connectivity index (χ2n) is 6.30. The van der Waals surface area contributed by atoms with Crippen molar-refractivity contribution in [1.82, 2.24) is 20.4 Å².